The normalized spacial score (nSPS) is 9.11. The summed E-state index contributed by atoms with van der Waals surface area (Å²) < 4.78 is 5.42. The predicted octanol–water partition coefficient (Wildman–Crippen LogP) is 2.01. The lowest BCUT2D eigenvalue weighted by Crippen LogP contribution is -1.93. The quantitative estimate of drug-likeness (QED) is 0.487. The van der Waals surface area contributed by atoms with Crippen molar-refractivity contribution in [3.63, 3.8) is 0 Å². The van der Waals surface area contributed by atoms with Crippen LogP contribution >= 0.6 is 35.7 Å². The lowest BCUT2D eigenvalue weighted by atomic mass is 11.0. The molecule has 0 aliphatic heterocycles. The summed E-state index contributed by atoms with van der Waals surface area (Å²) in [5.74, 6) is 2.18. The molecule has 0 spiro atoms. The maximum atomic E-state index is 4.80. The molecule has 0 aromatic rings. The lowest BCUT2D eigenvalue weighted by molar-refractivity contribution is 0.426. The Balaban J connectivity index is 2.97. The van der Waals surface area contributed by atoms with Gasteiger partial charge in [-0.3, -0.25) is 0 Å². The Morgan fingerprint density at radius 2 is 2.22 bits per heavy atom. The van der Waals surface area contributed by atoms with Gasteiger partial charge in [-0.15, -0.1) is 0 Å². The van der Waals surface area contributed by atoms with E-state index in [2.05, 4.69) is 6.26 Å². The van der Waals surface area contributed by atoms with E-state index in [1.165, 1.54) is 0 Å². The molecular formula is C5H10OS3. The SMILES string of the molecule is COC(=S)SCCSC. The first-order chi connectivity index (χ1) is 4.31. The van der Waals surface area contributed by atoms with Crippen molar-refractivity contribution in [2.45, 2.75) is 0 Å². The van der Waals surface area contributed by atoms with Crippen LogP contribution in [0.5, 0.6) is 0 Å². The van der Waals surface area contributed by atoms with E-state index in [1.54, 1.807) is 18.9 Å². The molecular weight excluding hydrogens is 172 g/mol. The van der Waals surface area contributed by atoms with Crippen LogP contribution in [0.1, 0.15) is 0 Å². The second-order valence-corrected chi connectivity index (χ2v) is 3.98. The molecule has 0 aliphatic rings. The van der Waals surface area contributed by atoms with Crippen molar-refractivity contribution in [2.75, 3.05) is 24.9 Å². The van der Waals surface area contributed by atoms with Crippen LogP contribution in [-0.4, -0.2) is 29.3 Å². The first kappa shape index (κ1) is 9.59. The number of rotatable bonds is 3. The summed E-state index contributed by atoms with van der Waals surface area (Å²) in [5, 5.41) is 0. The van der Waals surface area contributed by atoms with Crippen LogP contribution in [0.3, 0.4) is 0 Å². The number of hydrogen-bond acceptors (Lipinski definition) is 4. The van der Waals surface area contributed by atoms with Gasteiger partial charge in [0.1, 0.15) is 0 Å². The molecule has 0 radical (unpaired) electrons. The summed E-state index contributed by atoms with van der Waals surface area (Å²) in [6.07, 6.45) is 2.08. The molecule has 0 fully saturated rings. The maximum Gasteiger partial charge on any atom is 0.219 e. The number of ether oxygens (including phenoxy) is 1. The average molecular weight is 182 g/mol. The molecule has 0 heterocycles. The van der Waals surface area contributed by atoms with Gasteiger partial charge in [-0.2, -0.15) is 11.8 Å². The summed E-state index contributed by atoms with van der Waals surface area (Å²) in [4.78, 5) is 0. The van der Waals surface area contributed by atoms with E-state index < -0.39 is 0 Å². The summed E-state index contributed by atoms with van der Waals surface area (Å²) in [5.41, 5.74) is 0. The molecule has 0 unspecified atom stereocenters. The maximum absolute atomic E-state index is 4.80. The van der Waals surface area contributed by atoms with Gasteiger partial charge in [0.2, 0.25) is 4.38 Å². The Morgan fingerprint density at radius 1 is 1.56 bits per heavy atom. The minimum absolute atomic E-state index is 0.643. The van der Waals surface area contributed by atoms with Crippen molar-refractivity contribution in [3.05, 3.63) is 0 Å². The average Bonchev–Trinajstić information content (AvgIpc) is 1.89. The Morgan fingerprint density at radius 3 is 2.67 bits per heavy atom. The van der Waals surface area contributed by atoms with Gasteiger partial charge in [0.15, 0.2) is 0 Å². The number of methoxy groups -OCH3 is 1. The van der Waals surface area contributed by atoms with Crippen molar-refractivity contribution in [2.24, 2.45) is 0 Å². The fourth-order valence-corrected chi connectivity index (χ4v) is 1.80. The van der Waals surface area contributed by atoms with Crippen molar-refractivity contribution in [3.8, 4) is 0 Å². The zero-order valence-electron chi connectivity index (χ0n) is 5.55. The van der Waals surface area contributed by atoms with Crippen LogP contribution in [0.2, 0.25) is 0 Å². The summed E-state index contributed by atoms with van der Waals surface area (Å²) >= 11 is 8.21. The standard InChI is InChI=1S/C5H10OS3/c1-6-5(7)9-4-3-8-2/h3-4H2,1-2H3. The third kappa shape index (κ3) is 6.48. The Labute approximate surface area is 69.9 Å². The van der Waals surface area contributed by atoms with E-state index in [9.17, 15) is 0 Å². The summed E-state index contributed by atoms with van der Waals surface area (Å²) in [7, 11) is 1.61. The molecule has 0 atom stereocenters. The Bertz CT molecular complexity index is 84.3. The van der Waals surface area contributed by atoms with Crippen LogP contribution in [-0.2, 0) is 4.74 Å². The molecule has 0 aromatic carbocycles. The monoisotopic (exact) mass is 182 g/mol. The molecule has 0 bridgehead atoms. The highest BCUT2D eigenvalue weighted by atomic mass is 32.2. The van der Waals surface area contributed by atoms with Gasteiger partial charge in [0, 0.05) is 11.5 Å². The number of thioether (sulfide) groups is 2. The van der Waals surface area contributed by atoms with Crippen LogP contribution in [0.25, 0.3) is 0 Å². The topological polar surface area (TPSA) is 9.23 Å². The molecule has 0 saturated heterocycles. The van der Waals surface area contributed by atoms with Crippen molar-refractivity contribution < 1.29 is 4.74 Å². The third-order valence-electron chi connectivity index (χ3n) is 0.674. The van der Waals surface area contributed by atoms with Crippen LogP contribution in [0, 0.1) is 0 Å². The van der Waals surface area contributed by atoms with E-state index in [4.69, 9.17) is 17.0 Å². The first-order valence-electron chi connectivity index (χ1n) is 2.51. The first-order valence-corrected chi connectivity index (χ1v) is 5.29. The smallest absolute Gasteiger partial charge is 0.219 e. The predicted molar refractivity (Wildman–Crippen MR) is 50.4 cm³/mol. The third-order valence-corrected chi connectivity index (χ3v) is 2.88. The van der Waals surface area contributed by atoms with Gasteiger partial charge >= 0.3 is 0 Å². The second kappa shape index (κ2) is 6.71. The molecule has 0 aliphatic carbocycles. The highest BCUT2D eigenvalue weighted by molar-refractivity contribution is 8.22. The molecule has 4 heteroatoms. The molecule has 0 N–H and O–H groups in total. The van der Waals surface area contributed by atoms with Crippen LogP contribution in [0.4, 0.5) is 0 Å². The molecule has 9 heavy (non-hydrogen) atoms. The molecule has 0 rings (SSSR count). The minimum atomic E-state index is 0.643. The van der Waals surface area contributed by atoms with Gasteiger partial charge in [-0.25, -0.2) is 0 Å². The Hall–Kier alpha value is 0.590. The largest absolute Gasteiger partial charge is 0.482 e. The summed E-state index contributed by atoms with van der Waals surface area (Å²) in [6, 6.07) is 0. The highest BCUT2D eigenvalue weighted by Crippen LogP contribution is 2.06. The van der Waals surface area contributed by atoms with Crippen molar-refractivity contribution >= 4 is 40.1 Å². The van der Waals surface area contributed by atoms with Gasteiger partial charge in [0.05, 0.1) is 7.11 Å². The van der Waals surface area contributed by atoms with E-state index in [1.807, 2.05) is 11.8 Å². The van der Waals surface area contributed by atoms with Gasteiger partial charge in [0.25, 0.3) is 0 Å². The number of hydrogen-bond donors (Lipinski definition) is 0. The highest BCUT2D eigenvalue weighted by Gasteiger charge is 1.92. The van der Waals surface area contributed by atoms with Crippen LogP contribution in [0.15, 0.2) is 0 Å². The van der Waals surface area contributed by atoms with Gasteiger partial charge < -0.3 is 4.74 Å². The van der Waals surface area contributed by atoms with Crippen molar-refractivity contribution in [1.82, 2.24) is 0 Å². The van der Waals surface area contributed by atoms with E-state index in [0.29, 0.717) is 4.38 Å². The molecule has 0 saturated carbocycles. The molecule has 0 aromatic heterocycles. The van der Waals surface area contributed by atoms with E-state index in [0.717, 1.165) is 11.5 Å². The molecule has 1 nitrogen and oxygen atoms in total. The Kier molecular flexibility index (Phi) is 7.15. The zero-order valence-corrected chi connectivity index (χ0v) is 8.00. The van der Waals surface area contributed by atoms with Gasteiger partial charge in [-0.05, 0) is 18.5 Å². The minimum Gasteiger partial charge on any atom is -0.482 e. The van der Waals surface area contributed by atoms with Gasteiger partial charge in [-0.1, -0.05) is 11.8 Å². The molecule has 0 amide bonds. The van der Waals surface area contributed by atoms with Crippen LogP contribution < -0.4 is 0 Å². The summed E-state index contributed by atoms with van der Waals surface area (Å²) in [6.45, 7) is 0. The van der Waals surface area contributed by atoms with E-state index >= 15 is 0 Å². The van der Waals surface area contributed by atoms with Crippen molar-refractivity contribution in [1.29, 1.82) is 0 Å². The molecule has 54 valence electrons. The zero-order chi connectivity index (χ0) is 7.11. The fourth-order valence-electron chi connectivity index (χ4n) is 0.267. The van der Waals surface area contributed by atoms with E-state index in [-0.39, 0.29) is 0 Å². The fraction of sp³-hybridized carbons (Fsp3) is 0.800. The number of thiocarbonyl (C=S) groups is 1. The lowest BCUT2D eigenvalue weighted by Gasteiger charge is -1.98. The second-order valence-electron chi connectivity index (χ2n) is 1.30.